The van der Waals surface area contributed by atoms with Crippen LogP contribution in [0.25, 0.3) is 10.8 Å². The van der Waals surface area contributed by atoms with Crippen LogP contribution in [0.1, 0.15) is 26.1 Å². The first-order valence-corrected chi connectivity index (χ1v) is 6.62. The first kappa shape index (κ1) is 12.8. The van der Waals surface area contributed by atoms with Gasteiger partial charge in [0.1, 0.15) is 4.88 Å². The van der Waals surface area contributed by atoms with Gasteiger partial charge in [-0.05, 0) is 24.3 Å². The molecule has 0 bridgehead atoms. The number of nitrogens with zero attached hydrogens (tertiary/aromatic N) is 2. The van der Waals surface area contributed by atoms with Crippen LogP contribution in [-0.4, -0.2) is 16.0 Å². The number of amides is 1. The number of rotatable bonds is 4. The summed E-state index contributed by atoms with van der Waals surface area (Å²) in [6.45, 7) is 5.78. The lowest BCUT2D eigenvalue weighted by Crippen LogP contribution is -2.13. The summed E-state index contributed by atoms with van der Waals surface area (Å²) >= 11 is 1.47. The Balaban J connectivity index is 2.16. The van der Waals surface area contributed by atoms with E-state index < -0.39 is 0 Å². The van der Waals surface area contributed by atoms with Gasteiger partial charge in [0.2, 0.25) is 5.91 Å². The van der Waals surface area contributed by atoms with Crippen LogP contribution in [0, 0.1) is 12.8 Å². The van der Waals surface area contributed by atoms with Gasteiger partial charge in [-0.2, -0.15) is 4.98 Å². The molecule has 5 nitrogen and oxygen atoms in total. The highest BCUT2D eigenvalue weighted by atomic mass is 32.1. The first-order valence-electron chi connectivity index (χ1n) is 5.74. The van der Waals surface area contributed by atoms with Gasteiger partial charge in [0.05, 0.1) is 5.69 Å². The van der Waals surface area contributed by atoms with E-state index in [0.717, 1.165) is 10.6 Å². The summed E-state index contributed by atoms with van der Waals surface area (Å²) in [6.07, 6.45) is 0.498. The van der Waals surface area contributed by atoms with E-state index in [9.17, 15) is 4.79 Å². The number of nitrogens with one attached hydrogen (secondary N) is 1. The number of carbonyl (C=O) groups is 1. The van der Waals surface area contributed by atoms with Crippen LogP contribution in [0.3, 0.4) is 0 Å². The molecule has 2 rings (SSSR count). The zero-order valence-corrected chi connectivity index (χ0v) is 11.4. The van der Waals surface area contributed by atoms with Crippen molar-refractivity contribution in [2.24, 2.45) is 5.92 Å². The number of aryl methyl sites for hydroxylation is 1. The Hall–Kier alpha value is -1.69. The molecular formula is C12H15N3O2S. The van der Waals surface area contributed by atoms with Crippen LogP contribution in [0.2, 0.25) is 0 Å². The third-order valence-electron chi connectivity index (χ3n) is 2.25. The van der Waals surface area contributed by atoms with Crippen LogP contribution < -0.4 is 5.32 Å². The number of hydrogen-bond donors (Lipinski definition) is 1. The molecule has 96 valence electrons. The quantitative estimate of drug-likeness (QED) is 0.922. The van der Waals surface area contributed by atoms with E-state index >= 15 is 0 Å². The van der Waals surface area contributed by atoms with E-state index in [0.29, 0.717) is 24.1 Å². The summed E-state index contributed by atoms with van der Waals surface area (Å²) in [5.74, 6) is 1.36. The second kappa shape index (κ2) is 5.30. The lowest BCUT2D eigenvalue weighted by atomic mass is 10.1. The molecule has 0 fully saturated rings. The molecule has 0 unspecified atom stereocenters. The Bertz CT molecular complexity index is 545. The minimum atomic E-state index is 0.000822. The van der Waals surface area contributed by atoms with E-state index in [4.69, 9.17) is 4.52 Å². The third kappa shape index (κ3) is 2.95. The normalized spacial score (nSPS) is 10.9. The fourth-order valence-corrected chi connectivity index (χ4v) is 2.30. The standard InChI is InChI=1S/C12H15N3O2S/c1-7(2)6-10(16)14-9-4-5-18-11(9)12-13-8(3)15-17-12/h4-5,7H,6H2,1-3H3,(H,14,16). The molecule has 0 saturated carbocycles. The predicted molar refractivity (Wildman–Crippen MR) is 70.4 cm³/mol. The van der Waals surface area contributed by atoms with Crippen LogP contribution in [0.15, 0.2) is 16.0 Å². The fourth-order valence-electron chi connectivity index (χ4n) is 1.53. The van der Waals surface area contributed by atoms with Crippen molar-refractivity contribution < 1.29 is 9.32 Å². The molecule has 6 heteroatoms. The van der Waals surface area contributed by atoms with Gasteiger partial charge in [0, 0.05) is 6.42 Å². The molecule has 18 heavy (non-hydrogen) atoms. The Morgan fingerprint density at radius 2 is 2.33 bits per heavy atom. The maximum atomic E-state index is 11.7. The van der Waals surface area contributed by atoms with Crippen molar-refractivity contribution in [1.29, 1.82) is 0 Å². The second-order valence-corrected chi connectivity index (χ2v) is 5.37. The van der Waals surface area contributed by atoms with Gasteiger partial charge in [-0.1, -0.05) is 19.0 Å². The van der Waals surface area contributed by atoms with E-state index in [1.165, 1.54) is 11.3 Å². The average molecular weight is 265 g/mol. The van der Waals surface area contributed by atoms with Crippen molar-refractivity contribution in [2.75, 3.05) is 5.32 Å². The monoisotopic (exact) mass is 265 g/mol. The Kier molecular flexibility index (Phi) is 3.76. The van der Waals surface area contributed by atoms with E-state index in [-0.39, 0.29) is 5.91 Å². The molecule has 2 aromatic heterocycles. The molecule has 1 amide bonds. The van der Waals surface area contributed by atoms with Crippen molar-refractivity contribution >= 4 is 22.9 Å². The molecule has 0 aliphatic carbocycles. The van der Waals surface area contributed by atoms with Crippen molar-refractivity contribution in [3.05, 3.63) is 17.3 Å². The highest BCUT2D eigenvalue weighted by Crippen LogP contribution is 2.32. The Morgan fingerprint density at radius 1 is 1.56 bits per heavy atom. The molecular weight excluding hydrogens is 250 g/mol. The van der Waals surface area contributed by atoms with Gasteiger partial charge in [-0.15, -0.1) is 11.3 Å². The molecule has 0 aliphatic rings. The maximum absolute atomic E-state index is 11.7. The van der Waals surface area contributed by atoms with Crippen LogP contribution >= 0.6 is 11.3 Å². The Labute approximate surface area is 109 Å². The zero-order valence-electron chi connectivity index (χ0n) is 10.6. The van der Waals surface area contributed by atoms with E-state index in [2.05, 4.69) is 15.5 Å². The Morgan fingerprint density at radius 3 is 2.94 bits per heavy atom. The summed E-state index contributed by atoms with van der Waals surface area (Å²) in [5.41, 5.74) is 0.731. The van der Waals surface area contributed by atoms with Gasteiger partial charge < -0.3 is 9.84 Å². The average Bonchev–Trinajstić information content (AvgIpc) is 2.85. The first-order chi connectivity index (χ1) is 8.56. The molecule has 0 aromatic carbocycles. The minimum Gasteiger partial charge on any atom is -0.333 e. The minimum absolute atomic E-state index is 0.000822. The maximum Gasteiger partial charge on any atom is 0.270 e. The van der Waals surface area contributed by atoms with E-state index in [1.54, 1.807) is 6.92 Å². The topological polar surface area (TPSA) is 68.0 Å². The summed E-state index contributed by atoms with van der Waals surface area (Å²) in [4.78, 5) is 16.7. The van der Waals surface area contributed by atoms with Crippen molar-refractivity contribution in [1.82, 2.24) is 10.1 Å². The van der Waals surface area contributed by atoms with Gasteiger partial charge in [0.15, 0.2) is 5.82 Å². The van der Waals surface area contributed by atoms with Gasteiger partial charge in [-0.25, -0.2) is 0 Å². The largest absolute Gasteiger partial charge is 0.333 e. The fraction of sp³-hybridized carbons (Fsp3) is 0.417. The SMILES string of the molecule is Cc1noc(-c2sccc2NC(=O)CC(C)C)n1. The molecule has 2 aromatic rings. The lowest BCUT2D eigenvalue weighted by Gasteiger charge is -2.06. The molecule has 0 atom stereocenters. The number of thiophene rings is 1. The highest BCUT2D eigenvalue weighted by Gasteiger charge is 2.15. The molecule has 0 saturated heterocycles. The van der Waals surface area contributed by atoms with E-state index in [1.807, 2.05) is 25.3 Å². The van der Waals surface area contributed by atoms with Crippen molar-refractivity contribution in [3.8, 4) is 10.8 Å². The third-order valence-corrected chi connectivity index (χ3v) is 3.16. The predicted octanol–water partition coefficient (Wildman–Crippen LogP) is 3.09. The van der Waals surface area contributed by atoms with Gasteiger partial charge in [-0.3, -0.25) is 4.79 Å². The summed E-state index contributed by atoms with van der Waals surface area (Å²) < 4.78 is 5.11. The van der Waals surface area contributed by atoms with Crippen molar-refractivity contribution in [2.45, 2.75) is 27.2 Å². The number of hydrogen-bond acceptors (Lipinski definition) is 5. The molecule has 0 aliphatic heterocycles. The zero-order chi connectivity index (χ0) is 13.1. The smallest absolute Gasteiger partial charge is 0.270 e. The summed E-state index contributed by atoms with van der Waals surface area (Å²) in [6, 6.07) is 1.84. The molecule has 0 radical (unpaired) electrons. The van der Waals surface area contributed by atoms with Gasteiger partial charge >= 0.3 is 0 Å². The lowest BCUT2D eigenvalue weighted by molar-refractivity contribution is -0.116. The molecule has 0 spiro atoms. The highest BCUT2D eigenvalue weighted by molar-refractivity contribution is 7.14. The summed E-state index contributed by atoms with van der Waals surface area (Å²) in [5, 5.41) is 8.51. The second-order valence-electron chi connectivity index (χ2n) is 4.46. The van der Waals surface area contributed by atoms with Crippen LogP contribution in [0.4, 0.5) is 5.69 Å². The molecule has 1 N–H and O–H groups in total. The number of anilines is 1. The number of aromatic nitrogens is 2. The van der Waals surface area contributed by atoms with Crippen molar-refractivity contribution in [3.63, 3.8) is 0 Å². The van der Waals surface area contributed by atoms with Crippen LogP contribution in [0.5, 0.6) is 0 Å². The summed E-state index contributed by atoms with van der Waals surface area (Å²) in [7, 11) is 0. The van der Waals surface area contributed by atoms with Gasteiger partial charge in [0.25, 0.3) is 5.89 Å². The van der Waals surface area contributed by atoms with Crippen LogP contribution in [-0.2, 0) is 4.79 Å². The molecule has 2 heterocycles. The number of carbonyl (C=O) groups excluding carboxylic acids is 1.